The summed E-state index contributed by atoms with van der Waals surface area (Å²) in [7, 11) is -4.60. The first-order valence-corrected chi connectivity index (χ1v) is 6.21. The van der Waals surface area contributed by atoms with Crippen molar-refractivity contribution in [2.24, 2.45) is 0 Å². The molecule has 0 aromatic rings. The summed E-state index contributed by atoms with van der Waals surface area (Å²) in [4.78, 5) is 10.7. The molecule has 2 atom stereocenters. The number of aliphatic hydroxyl groups is 1. The minimum Gasteiger partial charge on any atom is -0.480 e. The maximum absolute atomic E-state index is 11.9. The lowest BCUT2D eigenvalue weighted by atomic mass is 10.2. The summed E-state index contributed by atoms with van der Waals surface area (Å²) in [5, 5.41) is 17.9. The molecule has 1 heterocycles. The number of β-amino-alcohol motifs (C(OH)–C–C–N with tert-alkyl or cyclic N) is 1. The van der Waals surface area contributed by atoms with E-state index >= 15 is 0 Å². The predicted octanol–water partition coefficient (Wildman–Crippen LogP) is -1.10. The summed E-state index contributed by atoms with van der Waals surface area (Å²) >= 11 is 0. The van der Waals surface area contributed by atoms with Crippen molar-refractivity contribution < 1.29 is 36.6 Å². The van der Waals surface area contributed by atoms with Crippen molar-refractivity contribution in [2.75, 3.05) is 13.1 Å². The molecule has 0 spiro atoms. The third-order valence-electron chi connectivity index (χ3n) is 2.28. The molecule has 11 heteroatoms. The first kappa shape index (κ1) is 15.1. The van der Waals surface area contributed by atoms with Crippen LogP contribution in [0.5, 0.6) is 0 Å². The molecular formula is C7H11F3N2O5S. The molecule has 0 aliphatic carbocycles. The lowest BCUT2D eigenvalue weighted by molar-refractivity contribution is -0.140. The van der Waals surface area contributed by atoms with E-state index in [1.807, 2.05) is 0 Å². The number of aliphatic carboxylic acids is 1. The largest absolute Gasteiger partial charge is 0.480 e. The number of carboxylic acids is 1. The average Bonchev–Trinajstić information content (AvgIpc) is 2.57. The molecule has 1 aliphatic rings. The Labute approximate surface area is 100 Å². The zero-order chi connectivity index (χ0) is 14.1. The highest BCUT2D eigenvalue weighted by atomic mass is 32.2. The molecule has 1 saturated heterocycles. The number of hydrogen-bond acceptors (Lipinski definition) is 4. The van der Waals surface area contributed by atoms with Crippen LogP contribution >= 0.6 is 0 Å². The van der Waals surface area contributed by atoms with Crippen LogP contribution in [-0.2, 0) is 15.0 Å². The Morgan fingerprint density at radius 3 is 2.44 bits per heavy atom. The molecule has 0 aromatic carbocycles. The Hall–Kier alpha value is -0.910. The maximum Gasteiger partial charge on any atom is 0.402 e. The molecule has 0 bridgehead atoms. The average molecular weight is 292 g/mol. The van der Waals surface area contributed by atoms with Gasteiger partial charge < -0.3 is 10.2 Å². The van der Waals surface area contributed by atoms with Crippen LogP contribution in [0.1, 0.15) is 6.42 Å². The van der Waals surface area contributed by atoms with Crippen LogP contribution in [0, 0.1) is 0 Å². The van der Waals surface area contributed by atoms with Crippen molar-refractivity contribution in [1.29, 1.82) is 0 Å². The molecule has 0 aromatic heterocycles. The number of rotatable bonds is 4. The molecule has 1 unspecified atom stereocenters. The van der Waals surface area contributed by atoms with Gasteiger partial charge in [0.2, 0.25) is 0 Å². The number of nitrogens with one attached hydrogen (secondary N) is 1. The third-order valence-corrected chi connectivity index (χ3v) is 3.81. The van der Waals surface area contributed by atoms with E-state index in [1.54, 1.807) is 0 Å². The second kappa shape index (κ2) is 4.99. The molecule has 0 amide bonds. The Bertz CT molecular complexity index is 423. The van der Waals surface area contributed by atoms with Crippen molar-refractivity contribution in [3.05, 3.63) is 0 Å². The number of carbonyl (C=O) groups is 1. The fourth-order valence-electron chi connectivity index (χ4n) is 1.53. The first-order chi connectivity index (χ1) is 8.03. The maximum atomic E-state index is 11.9. The van der Waals surface area contributed by atoms with E-state index in [4.69, 9.17) is 5.11 Å². The van der Waals surface area contributed by atoms with Crippen LogP contribution in [0.4, 0.5) is 13.2 Å². The Balaban J connectivity index is 2.81. The molecule has 3 N–H and O–H groups in total. The normalized spacial score (nSPS) is 26.4. The van der Waals surface area contributed by atoms with Crippen molar-refractivity contribution in [2.45, 2.75) is 24.7 Å². The smallest absolute Gasteiger partial charge is 0.402 e. The van der Waals surface area contributed by atoms with Gasteiger partial charge in [-0.05, 0) is 0 Å². The summed E-state index contributed by atoms with van der Waals surface area (Å²) in [6, 6.07) is -1.56. The van der Waals surface area contributed by atoms with Gasteiger partial charge in [-0.25, -0.2) is 0 Å². The van der Waals surface area contributed by atoms with Crippen molar-refractivity contribution in [3.8, 4) is 0 Å². The van der Waals surface area contributed by atoms with E-state index in [0.29, 0.717) is 4.31 Å². The highest BCUT2D eigenvalue weighted by molar-refractivity contribution is 7.87. The van der Waals surface area contributed by atoms with Crippen molar-refractivity contribution >= 4 is 16.2 Å². The second-order valence-electron chi connectivity index (χ2n) is 3.75. The molecule has 106 valence electrons. The summed E-state index contributed by atoms with van der Waals surface area (Å²) in [5.41, 5.74) is 0. The molecule has 1 rings (SSSR count). The Morgan fingerprint density at radius 2 is 2.00 bits per heavy atom. The summed E-state index contributed by atoms with van der Waals surface area (Å²) in [6.07, 6.45) is -6.32. The van der Waals surface area contributed by atoms with Gasteiger partial charge >= 0.3 is 12.1 Å². The van der Waals surface area contributed by atoms with Crippen molar-refractivity contribution in [1.82, 2.24) is 9.03 Å². The fourth-order valence-corrected chi connectivity index (χ4v) is 2.92. The van der Waals surface area contributed by atoms with Crippen LogP contribution in [-0.4, -0.2) is 60.3 Å². The zero-order valence-corrected chi connectivity index (χ0v) is 9.70. The fraction of sp³-hybridized carbons (Fsp3) is 0.857. The topological polar surface area (TPSA) is 107 Å². The number of carboxylic acid groups (broad SMARTS) is 1. The van der Waals surface area contributed by atoms with Gasteiger partial charge in [-0.3, -0.25) is 4.79 Å². The molecule has 18 heavy (non-hydrogen) atoms. The number of hydrogen-bond donors (Lipinski definition) is 3. The summed E-state index contributed by atoms with van der Waals surface area (Å²) in [5.74, 6) is -1.52. The van der Waals surface area contributed by atoms with Crippen LogP contribution in [0.2, 0.25) is 0 Å². The molecule has 1 fully saturated rings. The number of nitrogens with zero attached hydrogens (tertiary/aromatic N) is 1. The van der Waals surface area contributed by atoms with Gasteiger partial charge in [0.1, 0.15) is 12.6 Å². The molecular weight excluding hydrogens is 281 g/mol. The van der Waals surface area contributed by atoms with E-state index in [0.717, 1.165) is 0 Å². The highest BCUT2D eigenvalue weighted by Gasteiger charge is 2.44. The van der Waals surface area contributed by atoms with Crippen LogP contribution < -0.4 is 4.72 Å². The third kappa shape index (κ3) is 3.80. The van der Waals surface area contributed by atoms with E-state index in [9.17, 15) is 31.5 Å². The van der Waals surface area contributed by atoms with E-state index in [2.05, 4.69) is 0 Å². The number of alkyl halides is 3. The summed E-state index contributed by atoms with van der Waals surface area (Å²) in [6.45, 7) is -2.35. The minimum absolute atomic E-state index is 0.311. The van der Waals surface area contributed by atoms with Gasteiger partial charge in [-0.15, -0.1) is 0 Å². The van der Waals surface area contributed by atoms with E-state index in [1.165, 1.54) is 4.72 Å². The Kier molecular flexibility index (Phi) is 4.20. The minimum atomic E-state index is -4.75. The van der Waals surface area contributed by atoms with Crippen LogP contribution in [0.3, 0.4) is 0 Å². The number of halogens is 3. The lowest BCUT2D eigenvalue weighted by Crippen LogP contribution is -2.48. The summed E-state index contributed by atoms with van der Waals surface area (Å²) < 4.78 is 60.2. The van der Waals surface area contributed by atoms with E-state index in [-0.39, 0.29) is 6.42 Å². The standard InChI is InChI=1S/C7H11F3N2O5S/c8-7(9,10)3-11-18(16,17)12-2-4(13)1-5(12)6(14)15/h4-5,11,13H,1-3H2,(H,14,15)/t4?,5-/m0/s1. The van der Waals surface area contributed by atoms with Gasteiger partial charge in [0.15, 0.2) is 0 Å². The first-order valence-electron chi connectivity index (χ1n) is 4.77. The molecule has 7 nitrogen and oxygen atoms in total. The van der Waals surface area contributed by atoms with Gasteiger partial charge in [0.25, 0.3) is 10.2 Å². The van der Waals surface area contributed by atoms with Crippen LogP contribution in [0.15, 0.2) is 0 Å². The van der Waals surface area contributed by atoms with Gasteiger partial charge in [-0.2, -0.15) is 30.6 Å². The quantitative estimate of drug-likeness (QED) is 0.610. The van der Waals surface area contributed by atoms with Gasteiger partial charge in [0.05, 0.1) is 6.10 Å². The lowest BCUT2D eigenvalue weighted by Gasteiger charge is -2.21. The van der Waals surface area contributed by atoms with Gasteiger partial charge in [0, 0.05) is 13.0 Å². The zero-order valence-electron chi connectivity index (χ0n) is 8.88. The highest BCUT2D eigenvalue weighted by Crippen LogP contribution is 2.22. The van der Waals surface area contributed by atoms with Gasteiger partial charge in [-0.1, -0.05) is 0 Å². The van der Waals surface area contributed by atoms with E-state index < -0.39 is 47.6 Å². The molecule has 0 radical (unpaired) electrons. The second-order valence-corrected chi connectivity index (χ2v) is 5.46. The monoisotopic (exact) mass is 292 g/mol. The Morgan fingerprint density at radius 1 is 1.44 bits per heavy atom. The van der Waals surface area contributed by atoms with Crippen LogP contribution in [0.25, 0.3) is 0 Å². The number of aliphatic hydroxyl groups excluding tert-OH is 1. The molecule has 1 aliphatic heterocycles. The molecule has 0 saturated carbocycles. The predicted molar refractivity (Wildman–Crippen MR) is 51.7 cm³/mol. The van der Waals surface area contributed by atoms with Crippen molar-refractivity contribution in [3.63, 3.8) is 0 Å². The SMILES string of the molecule is O=C(O)[C@@H]1CC(O)CN1S(=O)(=O)NCC(F)(F)F.